The Bertz CT molecular complexity index is 411. The summed E-state index contributed by atoms with van der Waals surface area (Å²) in [6, 6.07) is 7.56. The topological polar surface area (TPSA) is 66.8 Å². The molecule has 0 spiro atoms. The van der Waals surface area contributed by atoms with E-state index in [1.54, 1.807) is 0 Å². The van der Waals surface area contributed by atoms with Crippen molar-refractivity contribution in [1.29, 1.82) is 0 Å². The monoisotopic (exact) mass is 256 g/mol. The van der Waals surface area contributed by atoms with Gasteiger partial charge in [-0.2, -0.15) is 4.21 Å². The minimum Gasteiger partial charge on any atom is -0.390 e. The van der Waals surface area contributed by atoms with Crippen molar-refractivity contribution in [1.82, 2.24) is 0 Å². The van der Waals surface area contributed by atoms with Gasteiger partial charge in [0, 0.05) is 6.42 Å². The summed E-state index contributed by atoms with van der Waals surface area (Å²) in [4.78, 5) is 0. The van der Waals surface area contributed by atoms with Gasteiger partial charge in [-0.15, -0.1) is 0 Å². The lowest BCUT2D eigenvalue weighted by atomic mass is 10.0. The van der Waals surface area contributed by atoms with Gasteiger partial charge < -0.3 is 5.11 Å². The van der Waals surface area contributed by atoms with Crippen LogP contribution in [0, 0.1) is 6.92 Å². The molecule has 1 aromatic rings. The van der Waals surface area contributed by atoms with Crippen LogP contribution in [0.4, 0.5) is 0 Å². The molecule has 0 heterocycles. The summed E-state index contributed by atoms with van der Waals surface area (Å²) >= 11 is -2.32. The molecular weight excluding hydrogens is 240 g/mol. The van der Waals surface area contributed by atoms with Crippen LogP contribution in [0.1, 0.15) is 36.5 Å². The first kappa shape index (κ1) is 12.7. The standard InChI is InChI=1S/C12H16O4S/c1-9-2-4-10(5-3-9)11(16-17(14)15)8-12(13)6-7-12/h2-5,11,13H,6-8H2,1H3,(H,14,15). The lowest BCUT2D eigenvalue weighted by molar-refractivity contribution is 0.0789. The summed E-state index contributed by atoms with van der Waals surface area (Å²) in [5.41, 5.74) is 1.22. The van der Waals surface area contributed by atoms with Gasteiger partial charge in [0.2, 0.25) is 0 Å². The molecule has 17 heavy (non-hydrogen) atoms. The van der Waals surface area contributed by atoms with Gasteiger partial charge in [-0.1, -0.05) is 29.8 Å². The van der Waals surface area contributed by atoms with Crippen LogP contribution in [0.5, 0.6) is 0 Å². The van der Waals surface area contributed by atoms with E-state index in [-0.39, 0.29) is 0 Å². The van der Waals surface area contributed by atoms with E-state index in [1.165, 1.54) is 0 Å². The first-order valence-electron chi connectivity index (χ1n) is 5.55. The summed E-state index contributed by atoms with van der Waals surface area (Å²) < 4.78 is 24.5. The van der Waals surface area contributed by atoms with Crippen LogP contribution in [0.25, 0.3) is 0 Å². The summed E-state index contributed by atoms with van der Waals surface area (Å²) in [5.74, 6) is 0. The predicted molar refractivity (Wildman–Crippen MR) is 64.6 cm³/mol. The van der Waals surface area contributed by atoms with E-state index in [9.17, 15) is 9.32 Å². The summed E-state index contributed by atoms with van der Waals surface area (Å²) in [5, 5.41) is 9.87. The van der Waals surface area contributed by atoms with Gasteiger partial charge >= 0.3 is 11.4 Å². The quantitative estimate of drug-likeness (QED) is 0.792. The highest BCUT2D eigenvalue weighted by molar-refractivity contribution is 7.74. The van der Waals surface area contributed by atoms with Gasteiger partial charge in [0.25, 0.3) is 0 Å². The summed E-state index contributed by atoms with van der Waals surface area (Å²) in [7, 11) is 0. The number of aliphatic hydroxyl groups is 1. The number of benzene rings is 1. The number of aryl methyl sites for hydroxylation is 1. The molecule has 1 fully saturated rings. The SMILES string of the molecule is Cc1ccc(C(CC2(O)CC2)OS(=O)O)cc1. The molecule has 1 saturated carbocycles. The number of hydrogen-bond donors (Lipinski definition) is 2. The van der Waals surface area contributed by atoms with Crippen LogP contribution >= 0.6 is 0 Å². The number of hydrogen-bond acceptors (Lipinski definition) is 3. The zero-order valence-corrected chi connectivity index (χ0v) is 10.4. The maximum absolute atomic E-state index is 10.8. The minimum absolute atomic E-state index is 0.363. The Labute approximate surface area is 103 Å². The molecule has 2 N–H and O–H groups in total. The molecule has 0 bridgehead atoms. The van der Waals surface area contributed by atoms with E-state index in [0.717, 1.165) is 24.0 Å². The Kier molecular flexibility index (Phi) is 3.63. The highest BCUT2D eigenvalue weighted by atomic mass is 32.2. The Balaban J connectivity index is 2.13. The molecule has 0 radical (unpaired) electrons. The molecule has 0 amide bonds. The number of rotatable bonds is 5. The first-order chi connectivity index (χ1) is 7.98. The largest absolute Gasteiger partial charge is 0.390 e. The maximum Gasteiger partial charge on any atom is 0.302 e. The molecule has 1 aliphatic carbocycles. The third-order valence-electron chi connectivity index (χ3n) is 3.04. The second-order valence-corrected chi connectivity index (χ2v) is 5.27. The van der Waals surface area contributed by atoms with Crippen molar-refractivity contribution in [2.24, 2.45) is 0 Å². The van der Waals surface area contributed by atoms with E-state index >= 15 is 0 Å². The fourth-order valence-electron chi connectivity index (χ4n) is 1.78. The van der Waals surface area contributed by atoms with E-state index in [0.29, 0.717) is 6.42 Å². The van der Waals surface area contributed by atoms with Gasteiger partial charge in [0.15, 0.2) is 0 Å². The molecule has 2 atom stereocenters. The van der Waals surface area contributed by atoms with Crippen LogP contribution < -0.4 is 0 Å². The van der Waals surface area contributed by atoms with Gasteiger partial charge in [0.05, 0.1) is 5.60 Å². The Hall–Kier alpha value is -0.750. The Morgan fingerprint density at radius 1 is 1.41 bits per heavy atom. The fourth-order valence-corrected chi connectivity index (χ4v) is 2.16. The maximum atomic E-state index is 10.8. The molecule has 2 unspecified atom stereocenters. The van der Waals surface area contributed by atoms with Gasteiger partial charge in [-0.05, 0) is 25.3 Å². The molecule has 0 aromatic heterocycles. The summed E-state index contributed by atoms with van der Waals surface area (Å²) in [6.07, 6.45) is 1.30. The molecular formula is C12H16O4S. The highest BCUT2D eigenvalue weighted by Crippen LogP contribution is 2.43. The minimum atomic E-state index is -2.32. The fraction of sp³-hybridized carbons (Fsp3) is 0.500. The first-order valence-corrected chi connectivity index (χ1v) is 6.59. The molecule has 0 saturated heterocycles. The van der Waals surface area contributed by atoms with Gasteiger partial charge in [-0.25, -0.2) is 0 Å². The summed E-state index contributed by atoms with van der Waals surface area (Å²) in [6.45, 7) is 1.97. The molecule has 4 nitrogen and oxygen atoms in total. The zero-order valence-electron chi connectivity index (χ0n) is 9.63. The third kappa shape index (κ3) is 3.61. The smallest absolute Gasteiger partial charge is 0.302 e. The predicted octanol–water partition coefficient (Wildman–Crippen LogP) is 2.10. The average Bonchev–Trinajstić information content (AvgIpc) is 2.96. The second kappa shape index (κ2) is 4.86. The molecule has 1 aliphatic rings. The Morgan fingerprint density at radius 3 is 2.47 bits per heavy atom. The second-order valence-electron chi connectivity index (χ2n) is 4.64. The Morgan fingerprint density at radius 2 is 2.00 bits per heavy atom. The van der Waals surface area contributed by atoms with Crippen molar-refractivity contribution in [3.63, 3.8) is 0 Å². The van der Waals surface area contributed by atoms with Gasteiger partial charge in [-0.3, -0.25) is 8.74 Å². The third-order valence-corrected chi connectivity index (χ3v) is 3.44. The van der Waals surface area contributed by atoms with Crippen LogP contribution in [0.3, 0.4) is 0 Å². The van der Waals surface area contributed by atoms with Crippen molar-refractivity contribution >= 4 is 11.4 Å². The van der Waals surface area contributed by atoms with Crippen LogP contribution in [-0.4, -0.2) is 19.5 Å². The molecule has 5 heteroatoms. The van der Waals surface area contributed by atoms with Crippen molar-refractivity contribution in [3.05, 3.63) is 35.4 Å². The van der Waals surface area contributed by atoms with E-state index < -0.39 is 23.1 Å². The molecule has 0 aliphatic heterocycles. The van der Waals surface area contributed by atoms with E-state index in [1.807, 2.05) is 31.2 Å². The molecule has 1 aromatic carbocycles. The van der Waals surface area contributed by atoms with Crippen molar-refractivity contribution < 1.29 is 18.1 Å². The zero-order chi connectivity index (χ0) is 12.5. The van der Waals surface area contributed by atoms with Gasteiger partial charge in [0.1, 0.15) is 6.10 Å². The molecule has 94 valence electrons. The van der Waals surface area contributed by atoms with Crippen molar-refractivity contribution in [2.75, 3.05) is 0 Å². The van der Waals surface area contributed by atoms with Crippen molar-refractivity contribution in [2.45, 2.75) is 37.9 Å². The normalized spacial score (nSPS) is 20.9. The highest BCUT2D eigenvalue weighted by Gasteiger charge is 2.43. The van der Waals surface area contributed by atoms with Crippen LogP contribution in [0.2, 0.25) is 0 Å². The van der Waals surface area contributed by atoms with Crippen LogP contribution in [-0.2, 0) is 15.5 Å². The van der Waals surface area contributed by atoms with Crippen LogP contribution in [0.15, 0.2) is 24.3 Å². The lowest BCUT2D eigenvalue weighted by Gasteiger charge is -2.18. The average molecular weight is 256 g/mol. The lowest BCUT2D eigenvalue weighted by Crippen LogP contribution is -2.16. The molecule has 2 rings (SSSR count). The van der Waals surface area contributed by atoms with Crippen molar-refractivity contribution in [3.8, 4) is 0 Å². The van der Waals surface area contributed by atoms with E-state index in [2.05, 4.69) is 0 Å². The van der Waals surface area contributed by atoms with E-state index in [4.69, 9.17) is 8.74 Å².